The van der Waals surface area contributed by atoms with Gasteiger partial charge in [0.05, 0.1) is 4.92 Å². The molecule has 17 heavy (non-hydrogen) atoms. The van der Waals surface area contributed by atoms with E-state index in [1.54, 1.807) is 0 Å². The maximum Gasteiger partial charge on any atom is 0.341 e. The van der Waals surface area contributed by atoms with Crippen molar-refractivity contribution in [2.75, 3.05) is 5.32 Å². The Balaban J connectivity index is 3.55. The SMILES string of the molecule is NC(=S)Nc1c([N+](=O)[O-])ccc(F)c1C(=O)O. The molecular weight excluding hydrogens is 253 g/mol. The third-order valence-electron chi connectivity index (χ3n) is 1.79. The Morgan fingerprint density at radius 3 is 2.59 bits per heavy atom. The summed E-state index contributed by atoms with van der Waals surface area (Å²) in [6.45, 7) is 0. The minimum Gasteiger partial charge on any atom is -0.478 e. The second-order valence-electron chi connectivity index (χ2n) is 2.87. The quantitative estimate of drug-likeness (QED) is 0.422. The van der Waals surface area contributed by atoms with Crippen LogP contribution in [-0.4, -0.2) is 21.1 Å². The van der Waals surface area contributed by atoms with E-state index in [1.807, 2.05) is 0 Å². The number of nitro benzene ring substituents is 1. The van der Waals surface area contributed by atoms with E-state index in [2.05, 4.69) is 17.5 Å². The number of nitrogens with one attached hydrogen (secondary N) is 1. The highest BCUT2D eigenvalue weighted by Gasteiger charge is 2.25. The number of anilines is 1. The van der Waals surface area contributed by atoms with Gasteiger partial charge in [0.15, 0.2) is 5.11 Å². The lowest BCUT2D eigenvalue weighted by Gasteiger charge is -2.08. The van der Waals surface area contributed by atoms with E-state index >= 15 is 0 Å². The zero-order valence-electron chi connectivity index (χ0n) is 8.14. The average molecular weight is 259 g/mol. The van der Waals surface area contributed by atoms with Crippen LogP contribution in [0, 0.1) is 15.9 Å². The molecule has 90 valence electrons. The van der Waals surface area contributed by atoms with Crippen LogP contribution < -0.4 is 11.1 Å². The second-order valence-corrected chi connectivity index (χ2v) is 3.31. The van der Waals surface area contributed by atoms with E-state index in [9.17, 15) is 19.3 Å². The Kier molecular flexibility index (Phi) is 3.53. The molecular formula is C8H6FN3O4S. The van der Waals surface area contributed by atoms with Crippen molar-refractivity contribution >= 4 is 34.7 Å². The van der Waals surface area contributed by atoms with Crippen molar-refractivity contribution in [3.63, 3.8) is 0 Å². The molecule has 0 aromatic heterocycles. The highest BCUT2D eigenvalue weighted by molar-refractivity contribution is 7.80. The van der Waals surface area contributed by atoms with Crippen molar-refractivity contribution in [3.05, 3.63) is 33.6 Å². The Labute approximate surface area is 99.2 Å². The Morgan fingerprint density at radius 2 is 2.18 bits per heavy atom. The Bertz CT molecular complexity index is 520. The van der Waals surface area contributed by atoms with Gasteiger partial charge in [0.1, 0.15) is 17.1 Å². The first kappa shape index (κ1) is 12.8. The number of carboxylic acids is 1. The van der Waals surface area contributed by atoms with Crippen molar-refractivity contribution in [2.45, 2.75) is 0 Å². The van der Waals surface area contributed by atoms with Gasteiger partial charge in [0, 0.05) is 6.07 Å². The van der Waals surface area contributed by atoms with E-state index in [-0.39, 0.29) is 0 Å². The summed E-state index contributed by atoms with van der Waals surface area (Å²) in [5, 5.41) is 21.1. The molecule has 0 aliphatic carbocycles. The molecule has 1 rings (SSSR count). The number of rotatable bonds is 3. The van der Waals surface area contributed by atoms with Gasteiger partial charge in [-0.25, -0.2) is 9.18 Å². The summed E-state index contributed by atoms with van der Waals surface area (Å²) >= 11 is 4.44. The van der Waals surface area contributed by atoms with Gasteiger partial charge in [0.2, 0.25) is 0 Å². The van der Waals surface area contributed by atoms with Crippen molar-refractivity contribution in [3.8, 4) is 0 Å². The highest BCUT2D eigenvalue weighted by Crippen LogP contribution is 2.30. The largest absolute Gasteiger partial charge is 0.478 e. The molecule has 0 saturated heterocycles. The summed E-state index contributed by atoms with van der Waals surface area (Å²) in [6, 6.07) is 1.51. The summed E-state index contributed by atoms with van der Waals surface area (Å²) in [5.41, 5.74) is 3.01. The summed E-state index contributed by atoms with van der Waals surface area (Å²) < 4.78 is 13.3. The zero-order valence-corrected chi connectivity index (χ0v) is 8.95. The number of carboxylic acid groups (broad SMARTS) is 1. The first-order valence-electron chi connectivity index (χ1n) is 4.11. The molecule has 9 heteroatoms. The topological polar surface area (TPSA) is 118 Å². The number of nitro groups is 1. The number of benzene rings is 1. The summed E-state index contributed by atoms with van der Waals surface area (Å²) in [4.78, 5) is 20.6. The van der Waals surface area contributed by atoms with Crippen molar-refractivity contribution in [2.24, 2.45) is 5.73 Å². The molecule has 0 radical (unpaired) electrons. The Morgan fingerprint density at radius 1 is 1.59 bits per heavy atom. The number of nitrogens with two attached hydrogens (primary N) is 1. The number of hydrogen-bond donors (Lipinski definition) is 3. The summed E-state index contributed by atoms with van der Waals surface area (Å²) in [5.74, 6) is -2.79. The molecule has 0 saturated carbocycles. The number of aromatic carboxylic acids is 1. The molecule has 1 aromatic carbocycles. The Hall–Kier alpha value is -2.29. The van der Waals surface area contributed by atoms with Crippen LogP contribution >= 0.6 is 12.2 Å². The van der Waals surface area contributed by atoms with E-state index in [0.29, 0.717) is 6.07 Å². The molecule has 0 bridgehead atoms. The van der Waals surface area contributed by atoms with Crippen LogP contribution in [0.15, 0.2) is 12.1 Å². The van der Waals surface area contributed by atoms with Crippen LogP contribution in [0.25, 0.3) is 0 Å². The van der Waals surface area contributed by atoms with Gasteiger partial charge in [-0.05, 0) is 18.3 Å². The van der Waals surface area contributed by atoms with E-state index in [1.165, 1.54) is 0 Å². The molecule has 0 aliphatic heterocycles. The number of nitrogens with zero attached hydrogens (tertiary/aromatic N) is 1. The smallest absolute Gasteiger partial charge is 0.341 e. The van der Waals surface area contributed by atoms with Gasteiger partial charge in [-0.2, -0.15) is 0 Å². The van der Waals surface area contributed by atoms with Crippen molar-refractivity contribution < 1.29 is 19.2 Å². The van der Waals surface area contributed by atoms with Gasteiger partial charge in [-0.15, -0.1) is 0 Å². The van der Waals surface area contributed by atoms with Crippen LogP contribution in [0.1, 0.15) is 10.4 Å². The third kappa shape index (κ3) is 2.64. The molecule has 0 amide bonds. The summed E-state index contributed by atoms with van der Waals surface area (Å²) in [6.07, 6.45) is 0. The van der Waals surface area contributed by atoms with Crippen LogP contribution in [0.3, 0.4) is 0 Å². The van der Waals surface area contributed by atoms with E-state index in [4.69, 9.17) is 10.8 Å². The molecule has 0 heterocycles. The van der Waals surface area contributed by atoms with Gasteiger partial charge >= 0.3 is 5.97 Å². The van der Waals surface area contributed by atoms with Gasteiger partial charge in [0.25, 0.3) is 5.69 Å². The maximum atomic E-state index is 13.3. The maximum absolute atomic E-state index is 13.3. The first-order valence-corrected chi connectivity index (χ1v) is 4.52. The zero-order chi connectivity index (χ0) is 13.2. The first-order chi connectivity index (χ1) is 7.84. The summed E-state index contributed by atoms with van der Waals surface area (Å²) in [7, 11) is 0. The fraction of sp³-hybridized carbons (Fsp3) is 0. The van der Waals surface area contributed by atoms with Crippen LogP contribution in [0.4, 0.5) is 15.8 Å². The van der Waals surface area contributed by atoms with Crippen molar-refractivity contribution in [1.29, 1.82) is 0 Å². The molecule has 0 aliphatic rings. The molecule has 0 spiro atoms. The monoisotopic (exact) mass is 259 g/mol. The molecule has 0 atom stereocenters. The van der Waals surface area contributed by atoms with Crippen LogP contribution in [0.5, 0.6) is 0 Å². The predicted molar refractivity (Wildman–Crippen MR) is 60.4 cm³/mol. The molecule has 7 nitrogen and oxygen atoms in total. The third-order valence-corrected chi connectivity index (χ3v) is 1.89. The lowest BCUT2D eigenvalue weighted by molar-refractivity contribution is -0.384. The normalized spacial score (nSPS) is 9.71. The molecule has 1 aromatic rings. The van der Waals surface area contributed by atoms with Crippen LogP contribution in [-0.2, 0) is 0 Å². The minimum absolute atomic E-state index is 0.402. The molecule has 0 unspecified atom stereocenters. The van der Waals surface area contributed by atoms with Gasteiger partial charge in [-0.1, -0.05) is 0 Å². The number of halogens is 1. The number of hydrogen-bond acceptors (Lipinski definition) is 4. The van der Waals surface area contributed by atoms with Crippen molar-refractivity contribution in [1.82, 2.24) is 0 Å². The number of carbonyl (C=O) groups is 1. The van der Waals surface area contributed by atoms with Gasteiger partial charge < -0.3 is 16.2 Å². The average Bonchev–Trinajstić information content (AvgIpc) is 2.15. The second kappa shape index (κ2) is 4.70. The molecule has 4 N–H and O–H groups in total. The minimum atomic E-state index is -1.66. The van der Waals surface area contributed by atoms with Gasteiger partial charge in [-0.3, -0.25) is 10.1 Å². The lowest BCUT2D eigenvalue weighted by atomic mass is 10.1. The van der Waals surface area contributed by atoms with Crippen LogP contribution in [0.2, 0.25) is 0 Å². The fourth-order valence-electron chi connectivity index (χ4n) is 1.18. The highest BCUT2D eigenvalue weighted by atomic mass is 32.1. The molecule has 0 fully saturated rings. The fourth-order valence-corrected chi connectivity index (χ4v) is 1.28. The standard InChI is InChI=1S/C8H6FN3O4S/c9-3-1-2-4(12(15)16)6(11-8(10)17)5(3)7(13)14/h1-2H,(H,13,14)(H3,10,11,17). The predicted octanol–water partition coefficient (Wildman–Crippen LogP) is 1.09. The number of thiocarbonyl (C=S) groups is 1. The van der Waals surface area contributed by atoms with E-state index in [0.717, 1.165) is 6.07 Å². The lowest BCUT2D eigenvalue weighted by Crippen LogP contribution is -2.22. The van der Waals surface area contributed by atoms with E-state index < -0.39 is 38.8 Å².